The van der Waals surface area contributed by atoms with E-state index in [2.05, 4.69) is 10.3 Å². The molecule has 0 atom stereocenters. The van der Waals surface area contributed by atoms with E-state index < -0.39 is 0 Å². The van der Waals surface area contributed by atoms with Gasteiger partial charge in [0.1, 0.15) is 11.0 Å². The zero-order valence-corrected chi connectivity index (χ0v) is 10.9. The van der Waals surface area contributed by atoms with Gasteiger partial charge in [-0.1, -0.05) is 17.7 Å². The highest BCUT2D eigenvalue weighted by atomic mass is 35.5. The van der Waals surface area contributed by atoms with Crippen molar-refractivity contribution < 1.29 is 4.39 Å². The third kappa shape index (κ3) is 3.41. The van der Waals surface area contributed by atoms with Gasteiger partial charge in [-0.25, -0.2) is 9.37 Å². The van der Waals surface area contributed by atoms with Crippen LogP contribution < -0.4 is 5.32 Å². The number of aryl methyl sites for hydroxylation is 1. The van der Waals surface area contributed by atoms with Crippen molar-refractivity contribution in [3.8, 4) is 0 Å². The number of nitrogens with one attached hydrogen (secondary N) is 1. The minimum Gasteiger partial charge on any atom is -0.361 e. The minimum absolute atomic E-state index is 0.189. The number of halogens is 2. The van der Waals surface area contributed by atoms with Crippen LogP contribution in [0, 0.1) is 12.7 Å². The first-order valence-corrected chi connectivity index (χ1v) is 6.51. The number of benzene rings is 1. The van der Waals surface area contributed by atoms with Gasteiger partial charge in [0, 0.05) is 11.9 Å². The van der Waals surface area contributed by atoms with Crippen LogP contribution in [0.15, 0.2) is 23.6 Å². The first-order valence-electron chi connectivity index (χ1n) is 5.25. The Morgan fingerprint density at radius 2 is 2.29 bits per heavy atom. The van der Waals surface area contributed by atoms with Gasteiger partial charge in [-0.15, -0.1) is 11.3 Å². The fourth-order valence-corrected chi connectivity index (χ4v) is 2.45. The Kier molecular flexibility index (Phi) is 3.97. The van der Waals surface area contributed by atoms with Gasteiger partial charge in [0.05, 0.1) is 0 Å². The van der Waals surface area contributed by atoms with Gasteiger partial charge in [0.2, 0.25) is 0 Å². The molecule has 2 nitrogen and oxygen atoms in total. The van der Waals surface area contributed by atoms with Gasteiger partial charge < -0.3 is 5.32 Å². The summed E-state index contributed by atoms with van der Waals surface area (Å²) in [5, 5.41) is 6.29. The molecule has 1 aromatic carbocycles. The summed E-state index contributed by atoms with van der Waals surface area (Å²) in [6.07, 6.45) is 0.837. The van der Waals surface area contributed by atoms with Crippen LogP contribution >= 0.6 is 22.9 Å². The van der Waals surface area contributed by atoms with Gasteiger partial charge in [-0.3, -0.25) is 0 Å². The smallest absolute Gasteiger partial charge is 0.184 e. The fourth-order valence-electron chi connectivity index (χ4n) is 1.58. The Hall–Kier alpha value is -1.13. The third-order valence-corrected chi connectivity index (χ3v) is 3.57. The first kappa shape index (κ1) is 12.3. The standard InChI is InChI=1S/C12H12ClFN2S/c1-8-6-10(14)3-2-9(8)4-5-15-12-16-11(13)7-17-12/h2-3,6-7H,4-5H2,1H3,(H,15,16). The topological polar surface area (TPSA) is 24.9 Å². The van der Waals surface area contributed by atoms with Crippen LogP contribution in [0.2, 0.25) is 5.15 Å². The van der Waals surface area contributed by atoms with E-state index in [1.807, 2.05) is 13.0 Å². The second-order valence-electron chi connectivity index (χ2n) is 3.72. The number of hydrogen-bond donors (Lipinski definition) is 1. The Bertz CT molecular complexity index is 513. The molecular weight excluding hydrogens is 259 g/mol. The summed E-state index contributed by atoms with van der Waals surface area (Å²) >= 11 is 7.19. The summed E-state index contributed by atoms with van der Waals surface area (Å²) in [5.74, 6) is -0.189. The largest absolute Gasteiger partial charge is 0.361 e. The zero-order valence-electron chi connectivity index (χ0n) is 9.34. The molecule has 5 heteroatoms. The van der Waals surface area contributed by atoms with E-state index in [4.69, 9.17) is 11.6 Å². The molecule has 0 fully saturated rings. The molecule has 90 valence electrons. The van der Waals surface area contributed by atoms with Crippen molar-refractivity contribution >= 4 is 28.1 Å². The number of thiazole rings is 1. The summed E-state index contributed by atoms with van der Waals surface area (Å²) < 4.78 is 12.9. The molecule has 0 saturated carbocycles. The SMILES string of the molecule is Cc1cc(F)ccc1CCNc1nc(Cl)cs1. The van der Waals surface area contributed by atoms with Crippen LogP contribution in [0.5, 0.6) is 0 Å². The lowest BCUT2D eigenvalue weighted by Crippen LogP contribution is -2.05. The molecule has 2 rings (SSSR count). The Morgan fingerprint density at radius 3 is 2.94 bits per heavy atom. The number of rotatable bonds is 4. The van der Waals surface area contributed by atoms with Crippen LogP contribution in [0.1, 0.15) is 11.1 Å². The van der Waals surface area contributed by atoms with Crippen molar-refractivity contribution in [3.63, 3.8) is 0 Å². The molecule has 0 radical (unpaired) electrons. The van der Waals surface area contributed by atoms with E-state index in [-0.39, 0.29) is 5.82 Å². The molecule has 0 aliphatic heterocycles. The molecule has 0 aliphatic rings. The summed E-state index contributed by atoms with van der Waals surface area (Å²) in [6.45, 7) is 2.68. The molecule has 0 saturated heterocycles. The van der Waals surface area contributed by atoms with Crippen molar-refractivity contribution in [2.45, 2.75) is 13.3 Å². The number of aromatic nitrogens is 1. The van der Waals surface area contributed by atoms with E-state index in [1.165, 1.54) is 17.4 Å². The van der Waals surface area contributed by atoms with E-state index in [0.717, 1.165) is 29.2 Å². The second-order valence-corrected chi connectivity index (χ2v) is 4.97. The lowest BCUT2D eigenvalue weighted by Gasteiger charge is -2.06. The predicted octanol–water partition coefficient (Wildman–Crippen LogP) is 3.90. The molecule has 1 N–H and O–H groups in total. The molecule has 0 spiro atoms. The monoisotopic (exact) mass is 270 g/mol. The summed E-state index contributed by atoms with van der Waals surface area (Å²) in [4.78, 5) is 4.09. The second kappa shape index (κ2) is 5.47. The quantitative estimate of drug-likeness (QED) is 0.911. The Balaban J connectivity index is 1.90. The van der Waals surface area contributed by atoms with Crippen molar-refractivity contribution in [1.82, 2.24) is 4.98 Å². The van der Waals surface area contributed by atoms with Crippen molar-refractivity contribution in [3.05, 3.63) is 45.7 Å². The van der Waals surface area contributed by atoms with Crippen molar-refractivity contribution in [2.24, 2.45) is 0 Å². The van der Waals surface area contributed by atoms with E-state index in [0.29, 0.717) is 5.15 Å². The lowest BCUT2D eigenvalue weighted by atomic mass is 10.1. The predicted molar refractivity (Wildman–Crippen MR) is 70.5 cm³/mol. The highest BCUT2D eigenvalue weighted by Gasteiger charge is 2.02. The normalized spacial score (nSPS) is 10.5. The number of anilines is 1. The minimum atomic E-state index is -0.189. The fraction of sp³-hybridized carbons (Fsp3) is 0.250. The van der Waals surface area contributed by atoms with Gasteiger partial charge in [0.25, 0.3) is 0 Å². The van der Waals surface area contributed by atoms with Gasteiger partial charge in [-0.05, 0) is 36.6 Å². The lowest BCUT2D eigenvalue weighted by molar-refractivity contribution is 0.625. The van der Waals surface area contributed by atoms with Crippen LogP contribution in [-0.2, 0) is 6.42 Å². The van der Waals surface area contributed by atoms with Gasteiger partial charge >= 0.3 is 0 Å². The molecular formula is C12H12ClFN2S. The Labute approximate surface area is 108 Å². The molecule has 1 heterocycles. The van der Waals surface area contributed by atoms with Crippen LogP contribution in [-0.4, -0.2) is 11.5 Å². The molecule has 2 aromatic rings. The first-order chi connectivity index (χ1) is 8.15. The molecule has 17 heavy (non-hydrogen) atoms. The highest BCUT2D eigenvalue weighted by Crippen LogP contribution is 2.19. The molecule has 0 aliphatic carbocycles. The maximum Gasteiger partial charge on any atom is 0.184 e. The maximum atomic E-state index is 12.9. The Morgan fingerprint density at radius 1 is 1.47 bits per heavy atom. The molecule has 0 unspecified atom stereocenters. The van der Waals surface area contributed by atoms with Crippen molar-refractivity contribution in [1.29, 1.82) is 0 Å². The number of nitrogens with zero attached hydrogens (tertiary/aromatic N) is 1. The van der Waals surface area contributed by atoms with Crippen LogP contribution in [0.3, 0.4) is 0 Å². The summed E-state index contributed by atoms with van der Waals surface area (Å²) in [7, 11) is 0. The average molecular weight is 271 g/mol. The van der Waals surface area contributed by atoms with Crippen molar-refractivity contribution in [2.75, 3.05) is 11.9 Å². The third-order valence-electron chi connectivity index (χ3n) is 2.45. The summed E-state index contributed by atoms with van der Waals surface area (Å²) in [5.41, 5.74) is 2.12. The molecule has 0 bridgehead atoms. The van der Waals surface area contributed by atoms with E-state index in [1.54, 1.807) is 11.4 Å². The number of hydrogen-bond acceptors (Lipinski definition) is 3. The average Bonchev–Trinajstić information content (AvgIpc) is 2.68. The summed E-state index contributed by atoms with van der Waals surface area (Å²) in [6, 6.07) is 4.86. The van der Waals surface area contributed by atoms with Crippen LogP contribution in [0.4, 0.5) is 9.52 Å². The maximum absolute atomic E-state index is 12.9. The van der Waals surface area contributed by atoms with Gasteiger partial charge in [-0.2, -0.15) is 0 Å². The highest BCUT2D eigenvalue weighted by molar-refractivity contribution is 7.14. The van der Waals surface area contributed by atoms with E-state index in [9.17, 15) is 4.39 Å². The zero-order chi connectivity index (χ0) is 12.3. The van der Waals surface area contributed by atoms with Gasteiger partial charge in [0.15, 0.2) is 5.13 Å². The van der Waals surface area contributed by atoms with Crippen LogP contribution in [0.25, 0.3) is 0 Å². The molecule has 1 aromatic heterocycles. The molecule has 0 amide bonds. The van der Waals surface area contributed by atoms with E-state index >= 15 is 0 Å².